The van der Waals surface area contributed by atoms with Crippen LogP contribution < -0.4 is 0 Å². The molecule has 5 nitrogen and oxygen atoms in total. The van der Waals surface area contributed by atoms with Gasteiger partial charge in [-0.2, -0.15) is 5.10 Å². The smallest absolute Gasteiger partial charge is 0.317 e. The highest BCUT2D eigenvalue weighted by molar-refractivity contribution is 5.69. The average molecular weight is 239 g/mol. The van der Waals surface area contributed by atoms with E-state index in [1.54, 1.807) is 0 Å². The maximum absolute atomic E-state index is 10.8. The van der Waals surface area contributed by atoms with Gasteiger partial charge in [0, 0.05) is 30.4 Å². The Morgan fingerprint density at radius 3 is 2.59 bits per heavy atom. The number of nitrogens with zero attached hydrogens (tertiary/aromatic N) is 3. The van der Waals surface area contributed by atoms with Gasteiger partial charge in [0.2, 0.25) is 0 Å². The molecule has 0 saturated carbocycles. The monoisotopic (exact) mass is 239 g/mol. The Morgan fingerprint density at radius 2 is 2.18 bits per heavy atom. The zero-order chi connectivity index (χ0) is 13.0. The Morgan fingerprint density at radius 1 is 1.53 bits per heavy atom. The molecular weight excluding hydrogens is 218 g/mol. The molecule has 0 aliphatic rings. The second-order valence-corrected chi connectivity index (χ2v) is 4.47. The third-order valence-electron chi connectivity index (χ3n) is 2.94. The van der Waals surface area contributed by atoms with Crippen LogP contribution in [0.4, 0.5) is 0 Å². The number of aryl methyl sites for hydroxylation is 1. The summed E-state index contributed by atoms with van der Waals surface area (Å²) >= 11 is 0. The lowest BCUT2D eigenvalue weighted by molar-refractivity contribution is -0.139. The molecule has 0 fully saturated rings. The van der Waals surface area contributed by atoms with Crippen LogP contribution in [0.5, 0.6) is 0 Å². The Labute approximate surface area is 102 Å². The number of hydrogen-bond acceptors (Lipinski definition) is 3. The molecular formula is C12H21N3O2. The number of hydrogen-bond donors (Lipinski definition) is 1. The van der Waals surface area contributed by atoms with Crippen molar-refractivity contribution in [3.63, 3.8) is 0 Å². The van der Waals surface area contributed by atoms with E-state index in [2.05, 4.69) is 5.10 Å². The molecule has 0 aromatic carbocycles. The molecule has 1 unspecified atom stereocenters. The van der Waals surface area contributed by atoms with Gasteiger partial charge in [-0.15, -0.1) is 0 Å². The van der Waals surface area contributed by atoms with Crippen molar-refractivity contribution < 1.29 is 9.90 Å². The summed E-state index contributed by atoms with van der Waals surface area (Å²) in [6.45, 7) is 8.93. The van der Waals surface area contributed by atoms with Crippen molar-refractivity contribution in [2.45, 2.75) is 46.3 Å². The average Bonchev–Trinajstić information content (AvgIpc) is 2.72. The molecule has 0 radical (unpaired) electrons. The molecule has 17 heavy (non-hydrogen) atoms. The van der Waals surface area contributed by atoms with E-state index in [0.717, 1.165) is 12.1 Å². The molecule has 1 atom stereocenters. The van der Waals surface area contributed by atoms with Gasteiger partial charge in [-0.3, -0.25) is 14.4 Å². The standard InChI is InChI=1S/C12H21N3O2/c1-5-14-7-11(6-13-14)10(4)15(9(2)3)8-12(16)17/h6-7,9-10H,5,8H2,1-4H3,(H,16,17). The van der Waals surface area contributed by atoms with Crippen molar-refractivity contribution in [3.8, 4) is 0 Å². The van der Waals surface area contributed by atoms with Crippen molar-refractivity contribution in [2.75, 3.05) is 6.54 Å². The van der Waals surface area contributed by atoms with E-state index in [1.807, 2.05) is 49.7 Å². The van der Waals surface area contributed by atoms with E-state index in [-0.39, 0.29) is 18.6 Å². The molecule has 0 saturated heterocycles. The summed E-state index contributed by atoms with van der Waals surface area (Å²) in [4.78, 5) is 12.8. The largest absolute Gasteiger partial charge is 0.480 e. The Hall–Kier alpha value is -1.36. The lowest BCUT2D eigenvalue weighted by Crippen LogP contribution is -2.37. The van der Waals surface area contributed by atoms with Crippen LogP contribution >= 0.6 is 0 Å². The van der Waals surface area contributed by atoms with Gasteiger partial charge < -0.3 is 5.11 Å². The van der Waals surface area contributed by atoms with Crippen LogP contribution in [0.1, 0.15) is 39.3 Å². The second-order valence-electron chi connectivity index (χ2n) is 4.47. The summed E-state index contributed by atoms with van der Waals surface area (Å²) < 4.78 is 1.85. The van der Waals surface area contributed by atoms with Crippen LogP contribution in [0.15, 0.2) is 12.4 Å². The molecule has 0 spiro atoms. The summed E-state index contributed by atoms with van der Waals surface area (Å²) in [6.07, 6.45) is 3.79. The van der Waals surface area contributed by atoms with Gasteiger partial charge in [0.25, 0.3) is 0 Å². The third-order valence-corrected chi connectivity index (χ3v) is 2.94. The molecule has 0 amide bonds. The Balaban J connectivity index is 2.83. The molecule has 1 aromatic heterocycles. The normalized spacial score (nSPS) is 13.3. The fraction of sp³-hybridized carbons (Fsp3) is 0.667. The number of rotatable bonds is 6. The van der Waals surface area contributed by atoms with E-state index in [1.165, 1.54) is 0 Å². The Bertz CT molecular complexity index is 374. The second kappa shape index (κ2) is 5.82. The highest BCUT2D eigenvalue weighted by Crippen LogP contribution is 2.21. The molecule has 1 N–H and O–H groups in total. The lowest BCUT2D eigenvalue weighted by atomic mass is 10.1. The van der Waals surface area contributed by atoms with Crippen molar-refractivity contribution >= 4 is 5.97 Å². The molecule has 5 heteroatoms. The minimum atomic E-state index is -0.798. The first-order valence-electron chi connectivity index (χ1n) is 5.95. The van der Waals surface area contributed by atoms with Crippen LogP contribution in [0.2, 0.25) is 0 Å². The fourth-order valence-electron chi connectivity index (χ4n) is 1.88. The van der Waals surface area contributed by atoms with Crippen LogP contribution in [0, 0.1) is 0 Å². The van der Waals surface area contributed by atoms with Gasteiger partial charge in [0.05, 0.1) is 12.7 Å². The summed E-state index contributed by atoms with van der Waals surface area (Å²) in [5, 5.41) is 13.1. The highest BCUT2D eigenvalue weighted by atomic mass is 16.4. The predicted octanol–water partition coefficient (Wildman–Crippen LogP) is 1.76. The molecule has 1 heterocycles. The first kappa shape index (κ1) is 13.7. The quantitative estimate of drug-likeness (QED) is 0.821. The molecule has 1 aromatic rings. The molecule has 1 rings (SSSR count). The van der Waals surface area contributed by atoms with Crippen LogP contribution in [0.25, 0.3) is 0 Å². The molecule has 0 aliphatic carbocycles. The van der Waals surface area contributed by atoms with E-state index < -0.39 is 5.97 Å². The Kier molecular flexibility index (Phi) is 4.69. The number of carboxylic acids is 1. The molecule has 96 valence electrons. The first-order chi connectivity index (χ1) is 7.95. The van der Waals surface area contributed by atoms with Gasteiger partial charge in [0.15, 0.2) is 0 Å². The van der Waals surface area contributed by atoms with Crippen molar-refractivity contribution in [3.05, 3.63) is 18.0 Å². The van der Waals surface area contributed by atoms with E-state index in [4.69, 9.17) is 5.11 Å². The van der Waals surface area contributed by atoms with Gasteiger partial charge >= 0.3 is 5.97 Å². The predicted molar refractivity (Wildman–Crippen MR) is 65.8 cm³/mol. The number of aliphatic carboxylic acids is 1. The maximum Gasteiger partial charge on any atom is 0.317 e. The van der Waals surface area contributed by atoms with E-state index >= 15 is 0 Å². The van der Waals surface area contributed by atoms with Crippen molar-refractivity contribution in [2.24, 2.45) is 0 Å². The van der Waals surface area contributed by atoms with E-state index in [0.29, 0.717) is 0 Å². The zero-order valence-electron chi connectivity index (χ0n) is 10.9. The fourth-order valence-corrected chi connectivity index (χ4v) is 1.88. The summed E-state index contributed by atoms with van der Waals surface area (Å²) in [6, 6.07) is 0.248. The number of carbonyl (C=O) groups is 1. The summed E-state index contributed by atoms with van der Waals surface area (Å²) in [5.41, 5.74) is 1.06. The van der Waals surface area contributed by atoms with Crippen molar-refractivity contribution in [1.29, 1.82) is 0 Å². The summed E-state index contributed by atoms with van der Waals surface area (Å²) in [5.74, 6) is -0.798. The lowest BCUT2D eigenvalue weighted by Gasteiger charge is -2.30. The first-order valence-corrected chi connectivity index (χ1v) is 5.95. The van der Waals surface area contributed by atoms with Gasteiger partial charge in [-0.1, -0.05) is 0 Å². The van der Waals surface area contributed by atoms with Crippen molar-refractivity contribution in [1.82, 2.24) is 14.7 Å². The third kappa shape index (κ3) is 3.56. The minimum Gasteiger partial charge on any atom is -0.480 e. The topological polar surface area (TPSA) is 58.4 Å². The van der Waals surface area contributed by atoms with Crippen LogP contribution in [0.3, 0.4) is 0 Å². The van der Waals surface area contributed by atoms with E-state index in [9.17, 15) is 4.79 Å². The van der Waals surface area contributed by atoms with Gasteiger partial charge in [-0.05, 0) is 27.7 Å². The van der Waals surface area contributed by atoms with Crippen LogP contribution in [-0.2, 0) is 11.3 Å². The highest BCUT2D eigenvalue weighted by Gasteiger charge is 2.22. The SMILES string of the molecule is CCn1cc(C(C)N(CC(=O)O)C(C)C)cn1. The minimum absolute atomic E-state index is 0.0517. The van der Waals surface area contributed by atoms with Gasteiger partial charge in [-0.25, -0.2) is 0 Å². The maximum atomic E-state index is 10.8. The summed E-state index contributed by atoms with van der Waals surface area (Å²) in [7, 11) is 0. The number of carboxylic acid groups (broad SMARTS) is 1. The number of aromatic nitrogens is 2. The molecule has 0 bridgehead atoms. The van der Waals surface area contributed by atoms with Gasteiger partial charge in [0.1, 0.15) is 0 Å². The zero-order valence-corrected chi connectivity index (χ0v) is 10.9. The van der Waals surface area contributed by atoms with Crippen LogP contribution in [-0.4, -0.2) is 38.3 Å². The molecule has 0 aliphatic heterocycles.